The molecule has 0 saturated carbocycles. The monoisotopic (exact) mass is 278 g/mol. The van der Waals surface area contributed by atoms with Gasteiger partial charge in [-0.15, -0.1) is 0 Å². The Kier molecular flexibility index (Phi) is 3.09. The van der Waals surface area contributed by atoms with Crippen molar-refractivity contribution >= 4 is 17.0 Å². The van der Waals surface area contributed by atoms with Gasteiger partial charge in [0.1, 0.15) is 29.1 Å². The zero-order chi connectivity index (χ0) is 14.8. The molecule has 0 unspecified atom stereocenters. The van der Waals surface area contributed by atoms with Crippen LogP contribution in [0.15, 0.2) is 36.8 Å². The lowest BCUT2D eigenvalue weighted by Gasteiger charge is -1.97. The molecule has 0 radical (unpaired) electrons. The first kappa shape index (κ1) is 12.8. The van der Waals surface area contributed by atoms with Crippen LogP contribution in [0.4, 0.5) is 0 Å². The third-order valence-electron chi connectivity index (χ3n) is 3.02. The SMILES string of the molecule is Cn1c(C(=O)O)cc2c(C#Cc3ccccn3)ncnc21. The van der Waals surface area contributed by atoms with E-state index in [-0.39, 0.29) is 5.69 Å². The lowest BCUT2D eigenvalue weighted by atomic mass is 10.2. The van der Waals surface area contributed by atoms with Crippen LogP contribution in [0.1, 0.15) is 21.9 Å². The summed E-state index contributed by atoms with van der Waals surface area (Å²) in [5.74, 6) is 4.80. The zero-order valence-electron chi connectivity index (χ0n) is 11.1. The van der Waals surface area contributed by atoms with Crippen LogP contribution in [0, 0.1) is 11.8 Å². The molecule has 0 aliphatic rings. The minimum Gasteiger partial charge on any atom is -0.477 e. The Hall–Kier alpha value is -3.20. The van der Waals surface area contributed by atoms with Gasteiger partial charge in [-0.25, -0.2) is 19.7 Å². The number of hydrogen-bond acceptors (Lipinski definition) is 4. The summed E-state index contributed by atoms with van der Waals surface area (Å²) in [6.45, 7) is 0. The average Bonchev–Trinajstić information content (AvgIpc) is 2.84. The number of hydrogen-bond donors (Lipinski definition) is 1. The molecule has 6 nitrogen and oxygen atoms in total. The lowest BCUT2D eigenvalue weighted by Crippen LogP contribution is -2.04. The highest BCUT2D eigenvalue weighted by molar-refractivity contribution is 5.94. The van der Waals surface area contributed by atoms with Gasteiger partial charge in [0.05, 0.1) is 5.39 Å². The molecule has 3 aromatic heterocycles. The van der Waals surface area contributed by atoms with Crippen molar-refractivity contribution in [2.24, 2.45) is 7.05 Å². The fourth-order valence-electron chi connectivity index (χ4n) is 2.00. The van der Waals surface area contributed by atoms with Gasteiger partial charge in [0.15, 0.2) is 0 Å². The van der Waals surface area contributed by atoms with E-state index in [1.807, 2.05) is 12.1 Å². The minimum absolute atomic E-state index is 0.145. The quantitative estimate of drug-likeness (QED) is 0.681. The Morgan fingerprint density at radius 1 is 1.24 bits per heavy atom. The molecule has 6 heteroatoms. The number of pyridine rings is 1. The summed E-state index contributed by atoms with van der Waals surface area (Å²) < 4.78 is 1.51. The van der Waals surface area contributed by atoms with Crippen molar-refractivity contribution in [3.05, 3.63) is 53.9 Å². The molecule has 0 amide bonds. The summed E-state index contributed by atoms with van der Waals surface area (Å²) in [6, 6.07) is 6.97. The van der Waals surface area contributed by atoms with Crippen molar-refractivity contribution in [1.29, 1.82) is 0 Å². The van der Waals surface area contributed by atoms with Crippen molar-refractivity contribution in [3.8, 4) is 11.8 Å². The van der Waals surface area contributed by atoms with Gasteiger partial charge in [-0.1, -0.05) is 6.07 Å². The molecule has 1 N–H and O–H groups in total. The molecular weight excluding hydrogens is 268 g/mol. The number of rotatable bonds is 1. The Labute approximate surface area is 120 Å². The Morgan fingerprint density at radius 2 is 2.10 bits per heavy atom. The highest BCUT2D eigenvalue weighted by Crippen LogP contribution is 2.18. The second-order valence-electron chi connectivity index (χ2n) is 4.32. The number of aryl methyl sites for hydroxylation is 1. The molecule has 3 heterocycles. The van der Waals surface area contributed by atoms with Gasteiger partial charge >= 0.3 is 5.97 Å². The van der Waals surface area contributed by atoms with E-state index < -0.39 is 5.97 Å². The molecule has 0 fully saturated rings. The van der Waals surface area contributed by atoms with Crippen molar-refractivity contribution in [3.63, 3.8) is 0 Å². The summed E-state index contributed by atoms with van der Waals surface area (Å²) in [5, 5.41) is 9.76. The molecule has 3 rings (SSSR count). The lowest BCUT2D eigenvalue weighted by molar-refractivity contribution is 0.0687. The molecule has 0 aliphatic carbocycles. The zero-order valence-corrected chi connectivity index (χ0v) is 11.1. The van der Waals surface area contributed by atoms with E-state index in [0.717, 1.165) is 0 Å². The predicted octanol–water partition coefficient (Wildman–Crippen LogP) is 1.46. The van der Waals surface area contributed by atoms with Gasteiger partial charge in [0.2, 0.25) is 0 Å². The molecule has 0 saturated heterocycles. The van der Waals surface area contributed by atoms with E-state index in [1.54, 1.807) is 19.3 Å². The standard InChI is InChI=1S/C15H10N4O2/c1-19-13(15(20)21)8-11-12(17-9-18-14(11)19)6-5-10-4-2-3-7-16-10/h2-4,7-9H,1H3,(H,20,21). The summed E-state index contributed by atoms with van der Waals surface area (Å²) >= 11 is 0. The molecule has 21 heavy (non-hydrogen) atoms. The third kappa shape index (κ3) is 2.32. The van der Waals surface area contributed by atoms with Gasteiger partial charge in [-0.3, -0.25) is 0 Å². The van der Waals surface area contributed by atoms with Crippen LogP contribution in [0.25, 0.3) is 11.0 Å². The predicted molar refractivity (Wildman–Crippen MR) is 75.7 cm³/mol. The number of aromatic carboxylic acids is 1. The second-order valence-corrected chi connectivity index (χ2v) is 4.32. The number of fused-ring (bicyclic) bond motifs is 1. The largest absolute Gasteiger partial charge is 0.477 e. The summed E-state index contributed by atoms with van der Waals surface area (Å²) in [4.78, 5) is 23.5. The fourth-order valence-corrected chi connectivity index (χ4v) is 2.00. The van der Waals surface area contributed by atoms with E-state index in [1.165, 1.54) is 17.0 Å². The molecular formula is C15H10N4O2. The molecule has 102 valence electrons. The Morgan fingerprint density at radius 3 is 2.81 bits per heavy atom. The van der Waals surface area contributed by atoms with Crippen LogP contribution < -0.4 is 0 Å². The van der Waals surface area contributed by atoms with Crippen LogP contribution >= 0.6 is 0 Å². The topological polar surface area (TPSA) is 80.9 Å². The maximum atomic E-state index is 11.2. The van der Waals surface area contributed by atoms with Gasteiger partial charge in [-0.05, 0) is 30.0 Å². The highest BCUT2D eigenvalue weighted by Gasteiger charge is 2.15. The van der Waals surface area contributed by atoms with E-state index in [2.05, 4.69) is 26.8 Å². The minimum atomic E-state index is -1.01. The third-order valence-corrected chi connectivity index (χ3v) is 3.02. The summed E-state index contributed by atoms with van der Waals surface area (Å²) in [5.41, 5.74) is 1.78. The summed E-state index contributed by atoms with van der Waals surface area (Å²) in [6.07, 6.45) is 3.03. The Balaban J connectivity index is 2.14. The summed E-state index contributed by atoms with van der Waals surface area (Å²) in [7, 11) is 1.65. The molecule has 3 aromatic rings. The number of carboxylic acid groups (broad SMARTS) is 1. The molecule has 0 aromatic carbocycles. The number of nitrogens with zero attached hydrogens (tertiary/aromatic N) is 4. The maximum Gasteiger partial charge on any atom is 0.352 e. The normalized spacial score (nSPS) is 10.1. The van der Waals surface area contributed by atoms with Gasteiger partial charge in [0, 0.05) is 13.2 Å². The van der Waals surface area contributed by atoms with Crippen LogP contribution in [-0.4, -0.2) is 30.6 Å². The molecule has 0 atom stereocenters. The van der Waals surface area contributed by atoms with Crippen LogP contribution in [0.3, 0.4) is 0 Å². The average molecular weight is 278 g/mol. The van der Waals surface area contributed by atoms with Crippen molar-refractivity contribution in [1.82, 2.24) is 19.5 Å². The van der Waals surface area contributed by atoms with E-state index in [4.69, 9.17) is 5.11 Å². The first-order valence-corrected chi connectivity index (χ1v) is 6.13. The van der Waals surface area contributed by atoms with Crippen molar-refractivity contribution in [2.45, 2.75) is 0 Å². The fraction of sp³-hybridized carbons (Fsp3) is 0.0667. The van der Waals surface area contributed by atoms with Crippen LogP contribution in [-0.2, 0) is 7.05 Å². The Bertz CT molecular complexity index is 888. The van der Waals surface area contributed by atoms with Crippen molar-refractivity contribution < 1.29 is 9.90 Å². The molecule has 0 spiro atoms. The van der Waals surface area contributed by atoms with Gasteiger partial charge < -0.3 is 9.67 Å². The first-order chi connectivity index (χ1) is 10.2. The number of carbonyl (C=O) groups is 1. The molecule has 0 bridgehead atoms. The first-order valence-electron chi connectivity index (χ1n) is 6.13. The van der Waals surface area contributed by atoms with Crippen LogP contribution in [0.2, 0.25) is 0 Å². The highest BCUT2D eigenvalue weighted by atomic mass is 16.4. The smallest absolute Gasteiger partial charge is 0.352 e. The van der Waals surface area contributed by atoms with Gasteiger partial charge in [-0.2, -0.15) is 0 Å². The van der Waals surface area contributed by atoms with Crippen LogP contribution in [0.5, 0.6) is 0 Å². The van der Waals surface area contributed by atoms with Crippen molar-refractivity contribution in [2.75, 3.05) is 0 Å². The number of aromatic nitrogens is 4. The van der Waals surface area contributed by atoms with E-state index >= 15 is 0 Å². The maximum absolute atomic E-state index is 11.2. The van der Waals surface area contributed by atoms with E-state index in [9.17, 15) is 4.79 Å². The number of carboxylic acids is 1. The molecule has 0 aliphatic heterocycles. The van der Waals surface area contributed by atoms with E-state index in [0.29, 0.717) is 22.4 Å². The van der Waals surface area contributed by atoms with Gasteiger partial charge in [0.25, 0.3) is 0 Å². The second kappa shape index (κ2) is 5.06.